The number of thioether (sulfide) groups is 1. The highest BCUT2D eigenvalue weighted by molar-refractivity contribution is 7.98. The third-order valence-electron chi connectivity index (χ3n) is 5.77. The average molecular weight is 565 g/mol. The number of aryl methyl sites for hydroxylation is 1. The van der Waals surface area contributed by atoms with Gasteiger partial charge in [0.15, 0.2) is 12.2 Å². The van der Waals surface area contributed by atoms with E-state index in [4.69, 9.17) is 28.4 Å². The van der Waals surface area contributed by atoms with Gasteiger partial charge in [0.1, 0.15) is 12.7 Å². The molecule has 0 amide bonds. The summed E-state index contributed by atoms with van der Waals surface area (Å²) in [5.41, 5.74) is 2.51. The van der Waals surface area contributed by atoms with E-state index in [0.29, 0.717) is 6.42 Å². The summed E-state index contributed by atoms with van der Waals surface area (Å²) >= 11 is 1.61. The van der Waals surface area contributed by atoms with Gasteiger partial charge in [0.25, 0.3) is 0 Å². The molecule has 39 heavy (non-hydrogen) atoms. The second kappa shape index (κ2) is 13.5. The Morgan fingerprint density at radius 1 is 0.923 bits per heavy atom. The standard InChI is InChI=1S/C26H32N2O10S/c1-13-19(11-18-9-7-8-10-21(18)39-6)25(28-27-13)38-26-24(36-17(5)32)23(35-16(4)31)22(34-15(3)30)20(37-26)12-33-14(2)29/h7-10,20,22-24,26H,11-12H2,1-6H3,(H,27,28)/t20-,22-,23+,24-,26+/m1/s1. The third-order valence-corrected chi connectivity index (χ3v) is 6.61. The number of esters is 4. The van der Waals surface area contributed by atoms with Crippen LogP contribution in [0.2, 0.25) is 0 Å². The minimum absolute atomic E-state index is 0.171. The van der Waals surface area contributed by atoms with E-state index in [9.17, 15) is 19.2 Å². The Morgan fingerprint density at radius 2 is 1.54 bits per heavy atom. The van der Waals surface area contributed by atoms with Gasteiger partial charge >= 0.3 is 23.9 Å². The van der Waals surface area contributed by atoms with Crippen LogP contribution in [-0.4, -0.2) is 77.6 Å². The summed E-state index contributed by atoms with van der Waals surface area (Å²) in [6, 6.07) is 7.89. The van der Waals surface area contributed by atoms with Crippen molar-refractivity contribution >= 4 is 35.6 Å². The first-order valence-electron chi connectivity index (χ1n) is 12.1. The van der Waals surface area contributed by atoms with Crippen molar-refractivity contribution in [1.82, 2.24) is 10.2 Å². The van der Waals surface area contributed by atoms with Crippen molar-refractivity contribution in [1.29, 1.82) is 0 Å². The van der Waals surface area contributed by atoms with Gasteiger partial charge in [-0.2, -0.15) is 0 Å². The Kier molecular flexibility index (Phi) is 10.4. The highest BCUT2D eigenvalue weighted by Crippen LogP contribution is 2.33. The topological polar surface area (TPSA) is 152 Å². The van der Waals surface area contributed by atoms with Gasteiger partial charge in [-0.1, -0.05) is 18.2 Å². The van der Waals surface area contributed by atoms with E-state index < -0.39 is 54.6 Å². The number of ether oxygens (including phenoxy) is 6. The van der Waals surface area contributed by atoms with Crippen LogP contribution < -0.4 is 4.74 Å². The lowest BCUT2D eigenvalue weighted by Crippen LogP contribution is -2.63. The highest BCUT2D eigenvalue weighted by atomic mass is 32.2. The Hall–Kier alpha value is -3.58. The second-order valence-electron chi connectivity index (χ2n) is 8.81. The number of rotatable bonds is 10. The first-order valence-corrected chi connectivity index (χ1v) is 13.4. The largest absolute Gasteiger partial charge is 0.463 e. The monoisotopic (exact) mass is 564 g/mol. The van der Waals surface area contributed by atoms with Gasteiger partial charge < -0.3 is 28.4 Å². The summed E-state index contributed by atoms with van der Waals surface area (Å²) in [5.74, 6) is -2.61. The van der Waals surface area contributed by atoms with Crippen molar-refractivity contribution in [3.8, 4) is 5.88 Å². The zero-order valence-corrected chi connectivity index (χ0v) is 23.4. The van der Waals surface area contributed by atoms with Gasteiger partial charge in [-0.05, 0) is 24.8 Å². The predicted molar refractivity (Wildman–Crippen MR) is 137 cm³/mol. The van der Waals surface area contributed by atoms with Gasteiger partial charge in [0.05, 0.1) is 0 Å². The zero-order valence-electron chi connectivity index (χ0n) is 22.5. The summed E-state index contributed by atoms with van der Waals surface area (Å²) < 4.78 is 33.6. The number of aromatic nitrogens is 2. The number of carbonyl (C=O) groups excluding carboxylic acids is 4. The van der Waals surface area contributed by atoms with Crippen LogP contribution in [0.25, 0.3) is 0 Å². The molecule has 0 spiro atoms. The molecule has 1 N–H and O–H groups in total. The molecular formula is C26H32N2O10S. The molecule has 0 unspecified atom stereocenters. The van der Waals surface area contributed by atoms with Gasteiger partial charge in [0, 0.05) is 50.3 Å². The van der Waals surface area contributed by atoms with Crippen LogP contribution >= 0.6 is 11.8 Å². The fraction of sp³-hybridized carbons (Fsp3) is 0.500. The van der Waals surface area contributed by atoms with Gasteiger partial charge in [-0.3, -0.25) is 24.3 Å². The fourth-order valence-electron chi connectivity index (χ4n) is 4.17. The maximum absolute atomic E-state index is 12.1. The normalized spacial score (nSPS) is 22.5. The summed E-state index contributed by atoms with van der Waals surface area (Å²) in [6.45, 7) is 6.16. The van der Waals surface area contributed by atoms with Crippen LogP contribution in [0.1, 0.15) is 44.5 Å². The van der Waals surface area contributed by atoms with Crippen LogP contribution in [0, 0.1) is 6.92 Å². The molecule has 0 saturated carbocycles. The lowest BCUT2D eigenvalue weighted by Gasteiger charge is -2.43. The van der Waals surface area contributed by atoms with Gasteiger partial charge in [0.2, 0.25) is 18.3 Å². The van der Waals surface area contributed by atoms with Crippen LogP contribution in [0.3, 0.4) is 0 Å². The lowest BCUT2D eigenvalue weighted by molar-refractivity contribution is -0.289. The minimum atomic E-state index is -1.37. The van der Waals surface area contributed by atoms with Crippen molar-refractivity contribution in [3.63, 3.8) is 0 Å². The van der Waals surface area contributed by atoms with Gasteiger partial charge in [-0.25, -0.2) is 0 Å². The van der Waals surface area contributed by atoms with Crippen molar-refractivity contribution in [2.75, 3.05) is 12.9 Å². The molecule has 2 aromatic rings. The molecule has 2 heterocycles. The number of H-pyrrole nitrogens is 1. The molecular weight excluding hydrogens is 532 g/mol. The Morgan fingerprint density at radius 3 is 2.15 bits per heavy atom. The summed E-state index contributed by atoms with van der Waals surface area (Å²) in [6.07, 6.45) is -4.01. The Labute approximate surface area is 230 Å². The predicted octanol–water partition coefficient (Wildman–Crippen LogP) is 2.49. The average Bonchev–Trinajstić information content (AvgIpc) is 3.19. The van der Waals surface area contributed by atoms with E-state index in [1.165, 1.54) is 6.92 Å². The number of aromatic amines is 1. The summed E-state index contributed by atoms with van der Waals surface area (Å²) in [7, 11) is 0. The molecule has 1 fully saturated rings. The number of hydrogen-bond acceptors (Lipinski definition) is 12. The molecule has 1 aromatic carbocycles. The molecule has 3 rings (SSSR count). The second-order valence-corrected chi connectivity index (χ2v) is 9.65. The molecule has 212 valence electrons. The van der Waals surface area contributed by atoms with E-state index in [1.807, 2.05) is 37.4 Å². The Bertz CT molecular complexity index is 1200. The molecule has 1 aliphatic heterocycles. The fourth-order valence-corrected chi connectivity index (χ4v) is 4.79. The van der Waals surface area contributed by atoms with Crippen molar-refractivity contribution in [2.24, 2.45) is 0 Å². The number of hydrogen-bond donors (Lipinski definition) is 1. The van der Waals surface area contributed by atoms with Crippen molar-refractivity contribution < 1.29 is 47.6 Å². The van der Waals surface area contributed by atoms with Crippen molar-refractivity contribution in [2.45, 2.75) is 76.6 Å². The lowest BCUT2D eigenvalue weighted by atomic mass is 9.98. The van der Waals surface area contributed by atoms with E-state index in [2.05, 4.69) is 10.2 Å². The van der Waals surface area contributed by atoms with Crippen LogP contribution in [-0.2, 0) is 49.3 Å². The molecule has 5 atom stereocenters. The van der Waals surface area contributed by atoms with Crippen LogP contribution in [0.4, 0.5) is 0 Å². The van der Waals surface area contributed by atoms with E-state index in [1.54, 1.807) is 11.8 Å². The molecule has 0 bridgehead atoms. The Balaban J connectivity index is 2.01. The van der Waals surface area contributed by atoms with Crippen LogP contribution in [0.15, 0.2) is 29.2 Å². The van der Waals surface area contributed by atoms with E-state index in [0.717, 1.165) is 42.5 Å². The van der Waals surface area contributed by atoms with Crippen LogP contribution in [0.5, 0.6) is 5.88 Å². The molecule has 13 heteroatoms. The van der Waals surface area contributed by atoms with E-state index in [-0.39, 0.29) is 12.5 Å². The quantitative estimate of drug-likeness (QED) is 0.256. The number of nitrogens with zero attached hydrogens (tertiary/aromatic N) is 1. The highest BCUT2D eigenvalue weighted by Gasteiger charge is 2.53. The number of benzene rings is 1. The minimum Gasteiger partial charge on any atom is -0.463 e. The summed E-state index contributed by atoms with van der Waals surface area (Å²) in [5, 5.41) is 7.18. The number of nitrogens with one attached hydrogen (secondary N) is 1. The molecule has 0 radical (unpaired) electrons. The summed E-state index contributed by atoms with van der Waals surface area (Å²) in [4.78, 5) is 48.7. The SMILES string of the molecule is CSc1ccccc1Cc1c(O[C@@H]2O[C@H](COC(C)=O)[C@@H](OC(C)=O)[C@H](OC(C)=O)[C@H]2OC(C)=O)n[nH]c1C. The maximum atomic E-state index is 12.1. The first kappa shape index (κ1) is 30.0. The molecule has 1 aliphatic rings. The molecule has 1 saturated heterocycles. The molecule has 12 nitrogen and oxygen atoms in total. The molecule has 1 aromatic heterocycles. The van der Waals surface area contributed by atoms with Gasteiger partial charge in [-0.15, -0.1) is 16.9 Å². The smallest absolute Gasteiger partial charge is 0.303 e. The first-order chi connectivity index (χ1) is 18.5. The van der Waals surface area contributed by atoms with Crippen molar-refractivity contribution in [3.05, 3.63) is 41.1 Å². The third kappa shape index (κ3) is 7.96. The zero-order chi connectivity index (χ0) is 28.7. The molecule has 0 aliphatic carbocycles. The number of carbonyl (C=O) groups is 4. The maximum Gasteiger partial charge on any atom is 0.303 e. The van der Waals surface area contributed by atoms with E-state index >= 15 is 0 Å².